The van der Waals surface area contributed by atoms with Gasteiger partial charge in [-0.2, -0.15) is 0 Å². The Labute approximate surface area is 174 Å². The van der Waals surface area contributed by atoms with Gasteiger partial charge in [-0.25, -0.2) is 20.4 Å². The van der Waals surface area contributed by atoms with Crippen LogP contribution < -0.4 is 20.7 Å². The number of aryl methyl sites for hydroxylation is 1. The van der Waals surface area contributed by atoms with Crippen LogP contribution in [0.4, 0.5) is 5.82 Å². The molecule has 12 heteroatoms. The standard InChI is InChI=1S/C17H17ClN6O4S/c18-9-5-10-11(28-8-27-10)6-12(9)29-17-22-14-15(19)20-7-21-16(14)24(17)4-2-1-3-13(25)23-26/h5-7,26H,1-4,8H2,(H,23,25)(H2,19,20,21). The van der Waals surface area contributed by atoms with Crippen LogP contribution in [-0.4, -0.2) is 37.4 Å². The lowest BCUT2D eigenvalue weighted by atomic mass is 10.2. The topological polar surface area (TPSA) is 137 Å². The molecule has 29 heavy (non-hydrogen) atoms. The second-order valence-corrected chi connectivity index (χ2v) is 7.62. The van der Waals surface area contributed by atoms with Gasteiger partial charge < -0.3 is 19.8 Å². The molecule has 0 fully saturated rings. The first-order chi connectivity index (χ1) is 14.1. The van der Waals surface area contributed by atoms with Gasteiger partial charge in [0.25, 0.3) is 0 Å². The van der Waals surface area contributed by atoms with Crippen molar-refractivity contribution >= 4 is 46.3 Å². The molecule has 0 bridgehead atoms. The number of nitrogens with one attached hydrogen (secondary N) is 1. The number of halogens is 1. The number of carbonyl (C=O) groups is 1. The van der Waals surface area contributed by atoms with Crippen LogP contribution in [0.3, 0.4) is 0 Å². The Morgan fingerprint density at radius 3 is 2.90 bits per heavy atom. The molecule has 3 aromatic rings. The second-order valence-electron chi connectivity index (χ2n) is 6.21. The number of nitrogens with zero attached hydrogens (tertiary/aromatic N) is 4. The van der Waals surface area contributed by atoms with E-state index in [0.717, 1.165) is 4.90 Å². The molecular weight excluding hydrogens is 420 g/mol. The van der Waals surface area contributed by atoms with Crippen LogP contribution in [0.15, 0.2) is 28.5 Å². The Morgan fingerprint density at radius 2 is 2.10 bits per heavy atom. The van der Waals surface area contributed by atoms with Gasteiger partial charge in [0.15, 0.2) is 33.6 Å². The molecule has 0 saturated heterocycles. The molecule has 0 radical (unpaired) electrons. The van der Waals surface area contributed by atoms with Gasteiger partial charge in [-0.05, 0) is 30.7 Å². The number of unbranched alkanes of at least 4 members (excludes halogenated alkanes) is 1. The van der Waals surface area contributed by atoms with Gasteiger partial charge in [0.05, 0.1) is 5.02 Å². The largest absolute Gasteiger partial charge is 0.454 e. The third-order valence-electron chi connectivity index (χ3n) is 4.31. The van der Waals surface area contributed by atoms with Crippen molar-refractivity contribution in [2.45, 2.75) is 35.9 Å². The van der Waals surface area contributed by atoms with Crippen LogP contribution in [0.1, 0.15) is 19.3 Å². The number of benzene rings is 1. The second kappa shape index (κ2) is 8.31. The lowest BCUT2D eigenvalue weighted by molar-refractivity contribution is -0.129. The van der Waals surface area contributed by atoms with Gasteiger partial charge in [-0.1, -0.05) is 11.6 Å². The molecule has 4 rings (SSSR count). The molecule has 152 valence electrons. The third kappa shape index (κ3) is 4.02. The zero-order valence-electron chi connectivity index (χ0n) is 15.1. The van der Waals surface area contributed by atoms with Gasteiger partial charge in [0, 0.05) is 23.9 Å². The molecule has 4 N–H and O–H groups in total. The third-order valence-corrected chi connectivity index (χ3v) is 5.79. The van der Waals surface area contributed by atoms with E-state index >= 15 is 0 Å². The van der Waals surface area contributed by atoms with E-state index in [2.05, 4.69) is 15.0 Å². The van der Waals surface area contributed by atoms with Crippen molar-refractivity contribution in [3.05, 3.63) is 23.5 Å². The summed E-state index contributed by atoms with van der Waals surface area (Å²) in [6, 6.07) is 3.51. The fourth-order valence-corrected chi connectivity index (χ4v) is 4.11. The van der Waals surface area contributed by atoms with Gasteiger partial charge in [-0.15, -0.1) is 0 Å². The minimum absolute atomic E-state index is 0.159. The van der Waals surface area contributed by atoms with Crippen molar-refractivity contribution in [2.75, 3.05) is 12.5 Å². The van der Waals surface area contributed by atoms with Crippen LogP contribution in [0.25, 0.3) is 11.2 Å². The molecular formula is C17H17ClN6O4S. The van der Waals surface area contributed by atoms with Crippen molar-refractivity contribution in [3.8, 4) is 11.5 Å². The maximum absolute atomic E-state index is 11.2. The lowest BCUT2D eigenvalue weighted by Gasteiger charge is -2.09. The first-order valence-electron chi connectivity index (χ1n) is 8.73. The quantitative estimate of drug-likeness (QED) is 0.290. The highest BCUT2D eigenvalue weighted by molar-refractivity contribution is 7.99. The molecule has 1 amide bonds. The first kappa shape index (κ1) is 19.6. The minimum Gasteiger partial charge on any atom is -0.454 e. The monoisotopic (exact) mass is 436 g/mol. The van der Waals surface area contributed by atoms with Crippen molar-refractivity contribution in [2.24, 2.45) is 0 Å². The number of hydroxylamine groups is 1. The highest BCUT2D eigenvalue weighted by atomic mass is 35.5. The van der Waals surface area contributed by atoms with E-state index in [1.54, 1.807) is 17.6 Å². The van der Waals surface area contributed by atoms with Gasteiger partial charge in [0.1, 0.15) is 6.33 Å². The number of amides is 1. The Balaban J connectivity index is 1.63. The van der Waals surface area contributed by atoms with E-state index in [-0.39, 0.29) is 19.0 Å². The summed E-state index contributed by atoms with van der Waals surface area (Å²) in [7, 11) is 0. The molecule has 1 aliphatic heterocycles. The Hall–Kier alpha value is -2.76. The summed E-state index contributed by atoms with van der Waals surface area (Å²) in [5.41, 5.74) is 8.70. The van der Waals surface area contributed by atoms with Crippen LogP contribution in [0.2, 0.25) is 5.02 Å². The maximum atomic E-state index is 11.2. The van der Waals surface area contributed by atoms with Gasteiger partial charge >= 0.3 is 0 Å². The van der Waals surface area contributed by atoms with E-state index < -0.39 is 5.91 Å². The number of nitrogen functional groups attached to an aromatic ring is 1. The number of rotatable bonds is 7. The number of aromatic nitrogens is 4. The average molecular weight is 437 g/mol. The van der Waals surface area contributed by atoms with E-state index in [1.807, 2.05) is 4.57 Å². The number of hydrogen-bond donors (Lipinski definition) is 3. The minimum atomic E-state index is -0.422. The Morgan fingerprint density at radius 1 is 1.31 bits per heavy atom. The number of carbonyl (C=O) groups excluding carboxylic acids is 1. The lowest BCUT2D eigenvalue weighted by Crippen LogP contribution is -2.18. The molecule has 0 atom stereocenters. The van der Waals surface area contributed by atoms with Crippen molar-refractivity contribution in [3.63, 3.8) is 0 Å². The maximum Gasteiger partial charge on any atom is 0.243 e. The predicted octanol–water partition coefficient (Wildman–Crippen LogP) is 2.62. The highest BCUT2D eigenvalue weighted by Gasteiger charge is 2.21. The smallest absolute Gasteiger partial charge is 0.243 e. The molecule has 0 unspecified atom stereocenters. The summed E-state index contributed by atoms with van der Waals surface area (Å²) in [5.74, 6) is 1.08. The summed E-state index contributed by atoms with van der Waals surface area (Å²) < 4.78 is 12.7. The van der Waals surface area contributed by atoms with Crippen molar-refractivity contribution < 1.29 is 19.5 Å². The normalized spacial score (nSPS) is 12.5. The summed E-state index contributed by atoms with van der Waals surface area (Å²) in [5, 5.41) is 9.76. The van der Waals surface area contributed by atoms with Crippen molar-refractivity contribution in [1.82, 2.24) is 25.0 Å². The SMILES string of the molecule is Nc1ncnc2c1nc(Sc1cc3c(cc1Cl)OCO3)n2CCCCC(=O)NO. The number of hydrogen-bond acceptors (Lipinski definition) is 9. The highest BCUT2D eigenvalue weighted by Crippen LogP contribution is 2.43. The van der Waals surface area contributed by atoms with Crippen LogP contribution in [0.5, 0.6) is 11.5 Å². The molecule has 1 aliphatic rings. The van der Waals surface area contributed by atoms with Crippen LogP contribution >= 0.6 is 23.4 Å². The molecule has 0 spiro atoms. The number of fused-ring (bicyclic) bond motifs is 2. The van der Waals surface area contributed by atoms with Crippen LogP contribution in [0, 0.1) is 0 Å². The van der Waals surface area contributed by atoms with E-state index in [0.29, 0.717) is 52.2 Å². The molecule has 1 aromatic carbocycles. The summed E-state index contributed by atoms with van der Waals surface area (Å²) in [4.78, 5) is 24.9. The van der Waals surface area contributed by atoms with Crippen LogP contribution in [-0.2, 0) is 11.3 Å². The predicted molar refractivity (Wildman–Crippen MR) is 105 cm³/mol. The number of imidazole rings is 1. The first-order valence-corrected chi connectivity index (χ1v) is 9.93. The van der Waals surface area contributed by atoms with E-state index in [1.165, 1.54) is 18.1 Å². The van der Waals surface area contributed by atoms with Crippen molar-refractivity contribution in [1.29, 1.82) is 0 Å². The summed E-state index contributed by atoms with van der Waals surface area (Å²) >= 11 is 7.76. The fourth-order valence-electron chi connectivity index (χ4n) is 2.90. The number of ether oxygens (including phenoxy) is 2. The molecule has 0 saturated carbocycles. The number of anilines is 1. The zero-order valence-corrected chi connectivity index (χ0v) is 16.7. The Bertz CT molecular complexity index is 1080. The Kier molecular flexibility index (Phi) is 5.60. The van der Waals surface area contributed by atoms with E-state index in [4.69, 9.17) is 32.0 Å². The summed E-state index contributed by atoms with van der Waals surface area (Å²) in [6.07, 6.45) is 2.86. The molecule has 3 heterocycles. The summed E-state index contributed by atoms with van der Waals surface area (Å²) in [6.45, 7) is 0.710. The molecule has 2 aromatic heterocycles. The van der Waals surface area contributed by atoms with Gasteiger partial charge in [-0.3, -0.25) is 10.0 Å². The zero-order chi connectivity index (χ0) is 20.4. The molecule has 0 aliphatic carbocycles. The van der Waals surface area contributed by atoms with E-state index in [9.17, 15) is 4.79 Å². The number of nitrogens with two attached hydrogens (primary N) is 1. The molecule has 10 nitrogen and oxygen atoms in total. The average Bonchev–Trinajstić information content (AvgIpc) is 3.30. The van der Waals surface area contributed by atoms with Gasteiger partial charge in [0.2, 0.25) is 12.7 Å². The fraction of sp³-hybridized carbons (Fsp3) is 0.294.